The summed E-state index contributed by atoms with van der Waals surface area (Å²) in [4.78, 5) is 32.8. The van der Waals surface area contributed by atoms with Gasteiger partial charge in [-0.1, -0.05) is 36.8 Å². The van der Waals surface area contributed by atoms with Gasteiger partial charge >= 0.3 is 0 Å². The Balaban J connectivity index is 1.35. The summed E-state index contributed by atoms with van der Waals surface area (Å²) in [6.45, 7) is 1.91. The highest BCUT2D eigenvalue weighted by Crippen LogP contribution is 2.38. The van der Waals surface area contributed by atoms with Gasteiger partial charge in [0.1, 0.15) is 5.60 Å². The van der Waals surface area contributed by atoms with Crippen molar-refractivity contribution in [3.05, 3.63) is 35.9 Å². The van der Waals surface area contributed by atoms with E-state index in [2.05, 4.69) is 0 Å². The minimum absolute atomic E-state index is 0.0534. The number of amides is 2. The first-order chi connectivity index (χ1) is 11.7. The van der Waals surface area contributed by atoms with Crippen LogP contribution in [0.1, 0.15) is 44.1 Å². The molecule has 1 aromatic rings. The first kappa shape index (κ1) is 15.6. The number of likely N-dealkylation sites (tertiary alicyclic amines) is 1. The Morgan fingerprint density at radius 3 is 2.50 bits per heavy atom. The molecule has 4 rings (SSSR count). The minimum atomic E-state index is -0.401. The van der Waals surface area contributed by atoms with Gasteiger partial charge in [0.25, 0.3) is 0 Å². The third-order valence-corrected chi connectivity index (χ3v) is 5.67. The molecule has 3 fully saturated rings. The number of hydroxylamine groups is 2. The topological polar surface area (TPSA) is 49.9 Å². The monoisotopic (exact) mass is 328 g/mol. The molecule has 0 unspecified atom stereocenters. The second-order valence-corrected chi connectivity index (χ2v) is 7.32. The van der Waals surface area contributed by atoms with Crippen molar-refractivity contribution >= 4 is 11.8 Å². The average Bonchev–Trinajstić information content (AvgIpc) is 2.83. The number of carbonyl (C=O) groups excluding carboxylic acids is 2. The lowest BCUT2D eigenvalue weighted by Gasteiger charge is -2.40. The van der Waals surface area contributed by atoms with Gasteiger partial charge in [-0.05, 0) is 31.2 Å². The predicted octanol–water partition coefficient (Wildman–Crippen LogP) is 2.51. The van der Waals surface area contributed by atoms with E-state index in [-0.39, 0.29) is 11.8 Å². The zero-order valence-electron chi connectivity index (χ0n) is 13.9. The Bertz CT molecular complexity index is 619. The van der Waals surface area contributed by atoms with Crippen LogP contribution in [0.15, 0.2) is 30.3 Å². The quantitative estimate of drug-likeness (QED) is 0.857. The molecule has 1 spiro atoms. The number of carbonyl (C=O) groups is 2. The second-order valence-electron chi connectivity index (χ2n) is 7.32. The molecule has 24 heavy (non-hydrogen) atoms. The summed E-state index contributed by atoms with van der Waals surface area (Å²) in [5.74, 6) is 0.610. The normalized spacial score (nSPS) is 23.6. The third kappa shape index (κ3) is 2.93. The van der Waals surface area contributed by atoms with Crippen LogP contribution in [-0.2, 0) is 21.0 Å². The molecular weight excluding hydrogens is 304 g/mol. The molecule has 0 radical (unpaired) electrons. The van der Waals surface area contributed by atoms with Gasteiger partial charge in [-0.25, -0.2) is 5.06 Å². The number of hydrogen-bond donors (Lipinski definition) is 0. The second kappa shape index (κ2) is 6.20. The molecule has 2 heterocycles. The molecule has 0 bridgehead atoms. The van der Waals surface area contributed by atoms with Crippen molar-refractivity contribution in [3.8, 4) is 0 Å². The molecule has 0 aromatic heterocycles. The highest BCUT2D eigenvalue weighted by Gasteiger charge is 2.47. The summed E-state index contributed by atoms with van der Waals surface area (Å²) in [6.07, 6.45) is 5.21. The van der Waals surface area contributed by atoms with Crippen LogP contribution in [0.4, 0.5) is 0 Å². The maximum atomic E-state index is 12.4. The summed E-state index contributed by atoms with van der Waals surface area (Å²) in [6, 6.07) is 9.90. The molecule has 0 atom stereocenters. The first-order valence-corrected chi connectivity index (χ1v) is 8.97. The summed E-state index contributed by atoms with van der Waals surface area (Å²) < 4.78 is 0. The molecule has 1 aromatic carbocycles. The van der Waals surface area contributed by atoms with E-state index in [4.69, 9.17) is 4.84 Å². The molecule has 2 aliphatic heterocycles. The van der Waals surface area contributed by atoms with Gasteiger partial charge in [0.05, 0.1) is 13.0 Å². The van der Waals surface area contributed by atoms with Crippen molar-refractivity contribution in [2.45, 2.75) is 50.7 Å². The summed E-state index contributed by atoms with van der Waals surface area (Å²) in [5, 5.41) is 1.51. The molecule has 128 valence electrons. The van der Waals surface area contributed by atoms with Gasteiger partial charge in [0, 0.05) is 19.0 Å². The number of benzene rings is 1. The van der Waals surface area contributed by atoms with Crippen LogP contribution in [0.2, 0.25) is 0 Å². The highest BCUT2D eigenvalue weighted by atomic mass is 16.7. The van der Waals surface area contributed by atoms with Crippen molar-refractivity contribution in [1.29, 1.82) is 0 Å². The van der Waals surface area contributed by atoms with E-state index in [1.807, 2.05) is 35.2 Å². The zero-order chi connectivity index (χ0) is 16.6. The van der Waals surface area contributed by atoms with Crippen molar-refractivity contribution < 1.29 is 14.4 Å². The van der Waals surface area contributed by atoms with E-state index in [0.29, 0.717) is 32.0 Å². The summed E-state index contributed by atoms with van der Waals surface area (Å²) in [5.41, 5.74) is 0.669. The van der Waals surface area contributed by atoms with E-state index in [0.717, 1.165) is 31.2 Å². The van der Waals surface area contributed by atoms with Crippen molar-refractivity contribution in [2.75, 3.05) is 13.1 Å². The van der Waals surface area contributed by atoms with Crippen LogP contribution in [0, 0.1) is 5.92 Å². The average molecular weight is 328 g/mol. The van der Waals surface area contributed by atoms with Crippen molar-refractivity contribution in [2.24, 2.45) is 5.92 Å². The molecule has 5 nitrogen and oxygen atoms in total. The predicted molar refractivity (Wildman–Crippen MR) is 88.6 cm³/mol. The van der Waals surface area contributed by atoms with Gasteiger partial charge in [-0.15, -0.1) is 0 Å². The summed E-state index contributed by atoms with van der Waals surface area (Å²) >= 11 is 0. The van der Waals surface area contributed by atoms with Crippen molar-refractivity contribution in [3.63, 3.8) is 0 Å². The lowest BCUT2D eigenvalue weighted by molar-refractivity contribution is -0.214. The lowest BCUT2D eigenvalue weighted by Crippen LogP contribution is -2.49. The molecule has 1 aliphatic carbocycles. The van der Waals surface area contributed by atoms with Crippen LogP contribution in [0.5, 0.6) is 0 Å². The highest BCUT2D eigenvalue weighted by molar-refractivity contribution is 5.80. The van der Waals surface area contributed by atoms with E-state index in [1.165, 1.54) is 11.5 Å². The van der Waals surface area contributed by atoms with Gasteiger partial charge < -0.3 is 4.90 Å². The maximum Gasteiger partial charge on any atom is 0.249 e. The van der Waals surface area contributed by atoms with Gasteiger partial charge in [0.2, 0.25) is 11.8 Å². The van der Waals surface area contributed by atoms with E-state index in [1.54, 1.807) is 0 Å². The van der Waals surface area contributed by atoms with Crippen molar-refractivity contribution in [1.82, 2.24) is 9.96 Å². The lowest BCUT2D eigenvalue weighted by atomic mass is 9.82. The zero-order valence-corrected chi connectivity index (χ0v) is 13.9. The number of piperidine rings is 1. The van der Waals surface area contributed by atoms with Crippen LogP contribution in [-0.4, -0.2) is 40.5 Å². The number of hydrogen-bond acceptors (Lipinski definition) is 3. The van der Waals surface area contributed by atoms with Crippen LogP contribution >= 0.6 is 0 Å². The largest absolute Gasteiger partial charge is 0.342 e. The fraction of sp³-hybridized carbons (Fsp3) is 0.579. The SMILES string of the molecule is O=C(C1CCC1)N1CCC2(CC1)CC(=O)N(Cc1ccccc1)O2. The molecule has 2 saturated heterocycles. The van der Waals surface area contributed by atoms with E-state index < -0.39 is 5.60 Å². The number of rotatable bonds is 3. The summed E-state index contributed by atoms with van der Waals surface area (Å²) in [7, 11) is 0. The Labute approximate surface area is 142 Å². The van der Waals surface area contributed by atoms with Crippen LogP contribution < -0.4 is 0 Å². The van der Waals surface area contributed by atoms with E-state index in [9.17, 15) is 9.59 Å². The third-order valence-electron chi connectivity index (χ3n) is 5.67. The van der Waals surface area contributed by atoms with Crippen LogP contribution in [0.3, 0.4) is 0 Å². The molecule has 3 aliphatic rings. The first-order valence-electron chi connectivity index (χ1n) is 8.97. The molecular formula is C19H24N2O3. The fourth-order valence-electron chi connectivity index (χ4n) is 3.87. The minimum Gasteiger partial charge on any atom is -0.342 e. The molecule has 2 amide bonds. The Morgan fingerprint density at radius 1 is 1.17 bits per heavy atom. The van der Waals surface area contributed by atoms with Gasteiger partial charge in [0.15, 0.2) is 0 Å². The van der Waals surface area contributed by atoms with Gasteiger partial charge in [-0.2, -0.15) is 0 Å². The Kier molecular flexibility index (Phi) is 4.04. The number of nitrogens with zero attached hydrogens (tertiary/aromatic N) is 2. The maximum absolute atomic E-state index is 12.4. The molecule has 0 N–H and O–H groups in total. The van der Waals surface area contributed by atoms with Crippen LogP contribution in [0.25, 0.3) is 0 Å². The van der Waals surface area contributed by atoms with Gasteiger partial charge in [-0.3, -0.25) is 14.4 Å². The standard InChI is InChI=1S/C19H24N2O3/c22-17-13-19(24-21(17)14-15-5-2-1-3-6-15)9-11-20(12-10-19)18(23)16-7-4-8-16/h1-3,5-6,16H,4,7-14H2. The molecule has 5 heteroatoms. The smallest absolute Gasteiger partial charge is 0.249 e. The van der Waals surface area contributed by atoms with E-state index >= 15 is 0 Å². The fourth-order valence-corrected chi connectivity index (χ4v) is 3.87. The molecule has 1 saturated carbocycles. The Morgan fingerprint density at radius 2 is 1.88 bits per heavy atom. The Hall–Kier alpha value is -1.88.